The van der Waals surface area contributed by atoms with Crippen molar-refractivity contribution in [1.82, 2.24) is 0 Å². The molecule has 3 aromatic carbocycles. The molecule has 0 nitrogen and oxygen atoms in total. The maximum absolute atomic E-state index is 4.29. The molecule has 0 bridgehead atoms. The molecule has 4 rings (SSSR count). The first-order chi connectivity index (χ1) is 14.7. The molecule has 1 aliphatic rings. The highest BCUT2D eigenvalue weighted by atomic mass is 32.1. The van der Waals surface area contributed by atoms with Gasteiger partial charge in [0.1, 0.15) is 0 Å². The van der Waals surface area contributed by atoms with E-state index in [2.05, 4.69) is 48.2 Å². The van der Waals surface area contributed by atoms with Crippen LogP contribution in [0.2, 0.25) is 0 Å². The Hall–Kier alpha value is -3.31. The number of rotatable bonds is 0. The summed E-state index contributed by atoms with van der Waals surface area (Å²) in [7, 11) is 0. The first-order valence-electron chi connectivity index (χ1n) is 9.52. The first-order valence-corrected chi connectivity index (χ1v) is 9.96. The van der Waals surface area contributed by atoms with Crippen LogP contribution >= 0.6 is 12.6 Å². The van der Waals surface area contributed by atoms with Crippen molar-refractivity contribution in [2.75, 3.05) is 0 Å². The van der Waals surface area contributed by atoms with Gasteiger partial charge in [-0.05, 0) is 98.5 Å². The van der Waals surface area contributed by atoms with Crippen molar-refractivity contribution in [2.45, 2.75) is 4.90 Å². The summed E-state index contributed by atoms with van der Waals surface area (Å²) in [5, 5.41) is 0. The van der Waals surface area contributed by atoms with Gasteiger partial charge >= 0.3 is 0 Å². The lowest BCUT2D eigenvalue weighted by Gasteiger charge is -1.95. The van der Waals surface area contributed by atoms with Gasteiger partial charge in [-0.15, -0.1) is 12.6 Å². The van der Waals surface area contributed by atoms with Crippen molar-refractivity contribution < 1.29 is 0 Å². The maximum atomic E-state index is 4.29. The third-order valence-electron chi connectivity index (χ3n) is 4.35. The summed E-state index contributed by atoms with van der Waals surface area (Å²) >= 11 is 4.29. The highest BCUT2D eigenvalue weighted by Gasteiger charge is 2.13. The van der Waals surface area contributed by atoms with E-state index in [1.165, 1.54) is 0 Å². The molecule has 1 fully saturated rings. The van der Waals surface area contributed by atoms with Crippen LogP contribution in [0.3, 0.4) is 0 Å². The molecule has 0 spiro atoms. The van der Waals surface area contributed by atoms with Crippen molar-refractivity contribution in [3.05, 3.63) is 132 Å². The van der Waals surface area contributed by atoms with Crippen LogP contribution in [0.25, 0.3) is 0 Å². The summed E-state index contributed by atoms with van der Waals surface area (Å²) in [6.45, 7) is 0. The van der Waals surface area contributed by atoms with E-state index in [9.17, 15) is 0 Å². The first kappa shape index (κ1) is 20.0. The molecule has 0 aliphatic heterocycles. The van der Waals surface area contributed by atoms with Crippen LogP contribution in [0.5, 0.6) is 0 Å². The van der Waals surface area contributed by atoms with Crippen molar-refractivity contribution in [3.8, 4) is 35.5 Å². The Bertz CT molecular complexity index is 1170. The van der Waals surface area contributed by atoms with Gasteiger partial charge in [0.2, 0.25) is 0 Å². The summed E-state index contributed by atoms with van der Waals surface area (Å²) in [5.74, 6) is 20.1. The monoisotopic (exact) mass is 397 g/mol. The van der Waals surface area contributed by atoms with E-state index in [1.54, 1.807) is 0 Å². The van der Waals surface area contributed by atoms with E-state index in [0.717, 1.165) is 38.6 Å². The van der Waals surface area contributed by atoms with E-state index in [4.69, 9.17) is 0 Å². The molecular formula is C29H17S. The molecule has 0 N–H and O–H groups in total. The molecule has 0 aromatic heterocycles. The standard InChI is InChI=1S/C29H17S/c30-29-21-19-28(20-22-29)18-17-27-15-13-26(14-16-27)12-11-25-9-7-24(8-10-25)6-5-23-3-1-2-4-23/h1-4,7-10,13-16,19-22,30H. The zero-order valence-corrected chi connectivity index (χ0v) is 17.1. The fourth-order valence-electron chi connectivity index (χ4n) is 2.71. The highest BCUT2D eigenvalue weighted by Crippen LogP contribution is 2.21. The van der Waals surface area contributed by atoms with Gasteiger partial charge < -0.3 is 0 Å². The third kappa shape index (κ3) is 5.84. The van der Waals surface area contributed by atoms with E-state index in [1.807, 2.05) is 98.5 Å². The Balaban J connectivity index is 1.38. The molecule has 0 saturated heterocycles. The van der Waals surface area contributed by atoms with Crippen LogP contribution in [-0.4, -0.2) is 0 Å². The lowest BCUT2D eigenvalue weighted by Crippen LogP contribution is -1.85. The quantitative estimate of drug-likeness (QED) is 0.374. The minimum atomic E-state index is 0.934. The predicted molar refractivity (Wildman–Crippen MR) is 126 cm³/mol. The van der Waals surface area contributed by atoms with Gasteiger partial charge in [0.15, 0.2) is 0 Å². The van der Waals surface area contributed by atoms with Crippen LogP contribution in [0.1, 0.15) is 27.8 Å². The van der Waals surface area contributed by atoms with Gasteiger partial charge in [0, 0.05) is 32.7 Å². The number of hydrogen-bond acceptors (Lipinski definition) is 1. The maximum Gasteiger partial charge on any atom is 0.0558 e. The Morgan fingerprint density at radius 3 is 1.07 bits per heavy atom. The largest absolute Gasteiger partial charge is 0.143 e. The van der Waals surface area contributed by atoms with E-state index in [-0.39, 0.29) is 0 Å². The summed E-state index contributed by atoms with van der Waals surface area (Å²) in [5.41, 5.74) is 4.84. The summed E-state index contributed by atoms with van der Waals surface area (Å²) < 4.78 is 0. The molecular weight excluding hydrogens is 380 g/mol. The summed E-state index contributed by atoms with van der Waals surface area (Å²) in [4.78, 5) is 0.934. The zero-order chi connectivity index (χ0) is 20.6. The second-order valence-corrected chi connectivity index (χ2v) is 7.14. The average molecular weight is 398 g/mol. The van der Waals surface area contributed by atoms with Crippen LogP contribution < -0.4 is 0 Å². The van der Waals surface area contributed by atoms with Gasteiger partial charge in [-0.2, -0.15) is 0 Å². The van der Waals surface area contributed by atoms with E-state index >= 15 is 0 Å². The minimum absolute atomic E-state index is 0.934. The van der Waals surface area contributed by atoms with E-state index in [0.29, 0.717) is 0 Å². The van der Waals surface area contributed by atoms with Crippen molar-refractivity contribution in [3.63, 3.8) is 0 Å². The molecule has 0 atom stereocenters. The summed E-state index contributed by atoms with van der Waals surface area (Å²) in [6, 6.07) is 23.8. The van der Waals surface area contributed by atoms with Gasteiger partial charge in [-0.25, -0.2) is 0 Å². The SMILES string of the molecule is Sc1ccc(C#Cc2ccc(C#Cc3ccc(C#C[C]4[CH][CH][CH][CH]4)cc3)cc2)cc1. The molecule has 139 valence electrons. The lowest BCUT2D eigenvalue weighted by molar-refractivity contribution is 1.43. The van der Waals surface area contributed by atoms with Crippen molar-refractivity contribution >= 4 is 12.6 Å². The molecule has 0 amide bonds. The molecule has 5 radical (unpaired) electrons. The molecule has 1 aliphatic carbocycles. The van der Waals surface area contributed by atoms with Gasteiger partial charge in [-0.3, -0.25) is 0 Å². The molecule has 3 aromatic rings. The predicted octanol–water partition coefficient (Wildman–Crippen LogP) is 5.53. The molecule has 30 heavy (non-hydrogen) atoms. The van der Waals surface area contributed by atoms with E-state index < -0.39 is 0 Å². The third-order valence-corrected chi connectivity index (χ3v) is 4.65. The van der Waals surface area contributed by atoms with Crippen molar-refractivity contribution in [1.29, 1.82) is 0 Å². The Morgan fingerprint density at radius 1 is 0.400 bits per heavy atom. The molecule has 1 heteroatoms. The summed E-state index contributed by atoms with van der Waals surface area (Å²) in [6.07, 6.45) is 7.99. The second-order valence-electron chi connectivity index (χ2n) is 6.63. The minimum Gasteiger partial charge on any atom is -0.143 e. The number of hydrogen-bond donors (Lipinski definition) is 1. The second kappa shape index (κ2) is 9.94. The zero-order valence-electron chi connectivity index (χ0n) is 16.2. The molecule has 1 saturated carbocycles. The fourth-order valence-corrected chi connectivity index (χ4v) is 2.86. The Labute approximate surface area is 185 Å². The lowest BCUT2D eigenvalue weighted by atomic mass is 10.1. The van der Waals surface area contributed by atoms with Gasteiger partial charge in [0.25, 0.3) is 0 Å². The molecule has 0 unspecified atom stereocenters. The highest BCUT2D eigenvalue weighted by molar-refractivity contribution is 7.80. The van der Waals surface area contributed by atoms with Crippen LogP contribution in [0.15, 0.2) is 77.7 Å². The van der Waals surface area contributed by atoms with Gasteiger partial charge in [0.05, 0.1) is 5.92 Å². The van der Waals surface area contributed by atoms with Crippen LogP contribution in [0, 0.1) is 67.1 Å². The Morgan fingerprint density at radius 2 is 0.700 bits per heavy atom. The number of thiol groups is 1. The normalized spacial score (nSPS) is 12.7. The molecule has 0 heterocycles. The van der Waals surface area contributed by atoms with Gasteiger partial charge in [-0.1, -0.05) is 35.5 Å². The Kier molecular flexibility index (Phi) is 6.62. The number of benzene rings is 3. The topological polar surface area (TPSA) is 0 Å². The van der Waals surface area contributed by atoms with Crippen LogP contribution in [0.4, 0.5) is 0 Å². The average Bonchev–Trinajstić information content (AvgIpc) is 3.31. The fraction of sp³-hybridized carbons (Fsp3) is 0. The smallest absolute Gasteiger partial charge is 0.0558 e. The van der Waals surface area contributed by atoms with Crippen LogP contribution in [-0.2, 0) is 0 Å². The van der Waals surface area contributed by atoms with Crippen molar-refractivity contribution in [2.24, 2.45) is 0 Å².